The third-order valence-corrected chi connectivity index (χ3v) is 3.36. The molecule has 0 unspecified atom stereocenters. The Morgan fingerprint density at radius 2 is 2.16 bits per heavy atom. The van der Waals surface area contributed by atoms with Crippen LogP contribution in [0.2, 0.25) is 0 Å². The lowest BCUT2D eigenvalue weighted by Gasteiger charge is -2.21. The van der Waals surface area contributed by atoms with Gasteiger partial charge in [-0.2, -0.15) is 0 Å². The van der Waals surface area contributed by atoms with Crippen LogP contribution in [0.5, 0.6) is 5.75 Å². The molecule has 0 aromatic heterocycles. The standard InChI is InChI=1S/C14H18FNO3/c1-9(18)13-7-11(15)6-10(14(13)19)8-16(4-5-17)12-2-3-12/h6-7,12,17,19H,2-5,8H2,1H3. The number of carbonyl (C=O) groups excluding carboxylic acids is 1. The fourth-order valence-electron chi connectivity index (χ4n) is 2.22. The van der Waals surface area contributed by atoms with Gasteiger partial charge in [-0.15, -0.1) is 0 Å². The minimum atomic E-state index is -0.530. The second kappa shape index (κ2) is 5.67. The SMILES string of the molecule is CC(=O)c1cc(F)cc(CN(CCO)C2CC2)c1O. The van der Waals surface area contributed by atoms with Crippen LogP contribution in [0.25, 0.3) is 0 Å². The van der Waals surface area contributed by atoms with Crippen molar-refractivity contribution in [3.63, 3.8) is 0 Å². The number of aliphatic hydroxyl groups is 1. The van der Waals surface area contributed by atoms with Crippen molar-refractivity contribution < 1.29 is 19.4 Å². The number of phenols is 1. The number of aromatic hydroxyl groups is 1. The first-order chi connectivity index (χ1) is 9.02. The van der Waals surface area contributed by atoms with Crippen LogP contribution in [-0.2, 0) is 6.54 Å². The number of nitrogens with zero attached hydrogens (tertiary/aromatic N) is 1. The molecule has 0 saturated heterocycles. The number of phenolic OH excluding ortho intramolecular Hbond substituents is 1. The van der Waals surface area contributed by atoms with E-state index in [1.165, 1.54) is 13.0 Å². The maximum absolute atomic E-state index is 13.5. The van der Waals surface area contributed by atoms with Crippen molar-refractivity contribution in [3.8, 4) is 5.75 Å². The largest absolute Gasteiger partial charge is 0.507 e. The highest BCUT2D eigenvalue weighted by molar-refractivity contribution is 5.97. The predicted molar refractivity (Wildman–Crippen MR) is 68.6 cm³/mol. The van der Waals surface area contributed by atoms with Crippen molar-refractivity contribution in [1.82, 2.24) is 4.90 Å². The highest BCUT2D eigenvalue weighted by Crippen LogP contribution is 2.31. The van der Waals surface area contributed by atoms with E-state index in [-0.39, 0.29) is 23.7 Å². The first-order valence-electron chi connectivity index (χ1n) is 6.40. The number of benzene rings is 1. The van der Waals surface area contributed by atoms with E-state index in [0.29, 0.717) is 24.7 Å². The summed E-state index contributed by atoms with van der Waals surface area (Å²) < 4.78 is 13.5. The Kier molecular flexibility index (Phi) is 4.17. The van der Waals surface area contributed by atoms with Gasteiger partial charge in [-0.1, -0.05) is 0 Å². The zero-order valence-corrected chi connectivity index (χ0v) is 10.9. The quantitative estimate of drug-likeness (QED) is 0.770. The maximum atomic E-state index is 13.5. The third kappa shape index (κ3) is 3.30. The summed E-state index contributed by atoms with van der Waals surface area (Å²) in [5, 5.41) is 19.1. The van der Waals surface area contributed by atoms with E-state index in [9.17, 15) is 14.3 Å². The number of hydrogen-bond acceptors (Lipinski definition) is 4. The summed E-state index contributed by atoms with van der Waals surface area (Å²) in [6.07, 6.45) is 2.10. The molecule has 1 fully saturated rings. The van der Waals surface area contributed by atoms with E-state index in [1.54, 1.807) is 0 Å². The minimum absolute atomic E-state index is 0.00902. The Morgan fingerprint density at radius 3 is 2.68 bits per heavy atom. The maximum Gasteiger partial charge on any atom is 0.163 e. The van der Waals surface area contributed by atoms with Gasteiger partial charge in [0.2, 0.25) is 0 Å². The van der Waals surface area contributed by atoms with Crippen molar-refractivity contribution in [2.75, 3.05) is 13.2 Å². The normalized spacial score (nSPS) is 14.9. The summed E-state index contributed by atoms with van der Waals surface area (Å²) >= 11 is 0. The summed E-state index contributed by atoms with van der Waals surface area (Å²) in [6.45, 7) is 2.14. The van der Waals surface area contributed by atoms with Gasteiger partial charge in [-0.05, 0) is 31.9 Å². The van der Waals surface area contributed by atoms with Gasteiger partial charge in [0.15, 0.2) is 5.78 Å². The first-order valence-corrected chi connectivity index (χ1v) is 6.40. The second-order valence-corrected chi connectivity index (χ2v) is 4.94. The Labute approximate surface area is 111 Å². The molecule has 1 aromatic carbocycles. The lowest BCUT2D eigenvalue weighted by atomic mass is 10.0. The Hall–Kier alpha value is -1.46. The molecule has 1 aliphatic carbocycles. The molecule has 0 atom stereocenters. The predicted octanol–water partition coefficient (Wildman–Crippen LogP) is 1.69. The molecule has 2 rings (SSSR count). The zero-order chi connectivity index (χ0) is 14.0. The second-order valence-electron chi connectivity index (χ2n) is 4.94. The number of carbonyl (C=O) groups is 1. The molecule has 0 spiro atoms. The summed E-state index contributed by atoms with van der Waals surface area (Å²) in [7, 11) is 0. The number of Topliss-reactive ketones (excluding diaryl/α,β-unsaturated/α-hetero) is 1. The Morgan fingerprint density at radius 1 is 1.47 bits per heavy atom. The highest BCUT2D eigenvalue weighted by atomic mass is 19.1. The van der Waals surface area contributed by atoms with Gasteiger partial charge in [-0.25, -0.2) is 4.39 Å². The smallest absolute Gasteiger partial charge is 0.163 e. The van der Waals surface area contributed by atoms with E-state index in [1.807, 2.05) is 4.90 Å². The van der Waals surface area contributed by atoms with Gasteiger partial charge in [-0.3, -0.25) is 9.69 Å². The first kappa shape index (κ1) is 14.0. The molecular formula is C14H18FNO3. The summed E-state index contributed by atoms with van der Waals surface area (Å²) in [5.41, 5.74) is 0.403. The van der Waals surface area contributed by atoms with Gasteiger partial charge in [0, 0.05) is 24.7 Å². The fourth-order valence-corrected chi connectivity index (χ4v) is 2.22. The number of aliphatic hydroxyl groups excluding tert-OH is 1. The zero-order valence-electron chi connectivity index (χ0n) is 10.9. The van der Waals surface area contributed by atoms with Gasteiger partial charge < -0.3 is 10.2 Å². The van der Waals surface area contributed by atoms with E-state index in [0.717, 1.165) is 18.9 Å². The van der Waals surface area contributed by atoms with Crippen LogP contribution in [0.3, 0.4) is 0 Å². The number of halogens is 1. The fraction of sp³-hybridized carbons (Fsp3) is 0.500. The molecule has 1 aromatic rings. The molecule has 2 N–H and O–H groups in total. The van der Waals surface area contributed by atoms with Crippen molar-refractivity contribution in [3.05, 3.63) is 29.1 Å². The highest BCUT2D eigenvalue weighted by Gasteiger charge is 2.29. The van der Waals surface area contributed by atoms with Crippen molar-refractivity contribution in [2.45, 2.75) is 32.4 Å². The Balaban J connectivity index is 2.25. The third-order valence-electron chi connectivity index (χ3n) is 3.36. The van der Waals surface area contributed by atoms with Crippen molar-refractivity contribution >= 4 is 5.78 Å². The van der Waals surface area contributed by atoms with Gasteiger partial charge >= 0.3 is 0 Å². The molecule has 0 aliphatic heterocycles. The molecule has 4 nitrogen and oxygen atoms in total. The lowest BCUT2D eigenvalue weighted by Crippen LogP contribution is -2.28. The number of rotatable bonds is 6. The van der Waals surface area contributed by atoms with Crippen LogP contribution < -0.4 is 0 Å². The van der Waals surface area contributed by atoms with Crippen LogP contribution in [0.4, 0.5) is 4.39 Å². The molecule has 19 heavy (non-hydrogen) atoms. The van der Waals surface area contributed by atoms with Crippen LogP contribution in [-0.4, -0.2) is 40.1 Å². The molecule has 5 heteroatoms. The lowest BCUT2D eigenvalue weighted by molar-refractivity contribution is 0.101. The molecule has 0 heterocycles. The summed E-state index contributed by atoms with van der Waals surface area (Å²) in [6, 6.07) is 2.68. The number of hydrogen-bond donors (Lipinski definition) is 2. The van der Waals surface area contributed by atoms with Gasteiger partial charge in [0.05, 0.1) is 12.2 Å². The van der Waals surface area contributed by atoms with Crippen molar-refractivity contribution in [2.24, 2.45) is 0 Å². The van der Waals surface area contributed by atoms with E-state index in [4.69, 9.17) is 5.11 Å². The number of ketones is 1. The Bertz CT molecular complexity index is 486. The molecular weight excluding hydrogens is 249 g/mol. The van der Waals surface area contributed by atoms with Crippen molar-refractivity contribution in [1.29, 1.82) is 0 Å². The van der Waals surface area contributed by atoms with Crippen LogP contribution in [0.1, 0.15) is 35.7 Å². The van der Waals surface area contributed by atoms with Gasteiger partial charge in [0.1, 0.15) is 11.6 Å². The average molecular weight is 267 g/mol. The molecule has 1 saturated carbocycles. The van der Waals surface area contributed by atoms with Crippen LogP contribution >= 0.6 is 0 Å². The molecule has 1 aliphatic rings. The summed E-state index contributed by atoms with van der Waals surface area (Å²) in [4.78, 5) is 13.3. The van der Waals surface area contributed by atoms with Gasteiger partial charge in [0.25, 0.3) is 0 Å². The molecule has 0 radical (unpaired) electrons. The van der Waals surface area contributed by atoms with Crippen LogP contribution in [0.15, 0.2) is 12.1 Å². The topological polar surface area (TPSA) is 60.8 Å². The van der Waals surface area contributed by atoms with E-state index in [2.05, 4.69) is 0 Å². The van der Waals surface area contributed by atoms with Crippen LogP contribution in [0, 0.1) is 5.82 Å². The molecule has 0 bridgehead atoms. The minimum Gasteiger partial charge on any atom is -0.507 e. The monoisotopic (exact) mass is 267 g/mol. The average Bonchev–Trinajstić information content (AvgIpc) is 3.16. The molecule has 104 valence electrons. The summed E-state index contributed by atoms with van der Waals surface area (Å²) in [5.74, 6) is -1.05. The van der Waals surface area contributed by atoms with E-state index >= 15 is 0 Å². The molecule has 0 amide bonds. The van der Waals surface area contributed by atoms with E-state index < -0.39 is 5.82 Å².